The van der Waals surface area contributed by atoms with E-state index in [0.29, 0.717) is 0 Å². The molecule has 1 saturated heterocycles. The Morgan fingerprint density at radius 2 is 1.36 bits per heavy atom. The highest BCUT2D eigenvalue weighted by atomic mass is 15.2. The van der Waals surface area contributed by atoms with E-state index in [0.717, 1.165) is 42.4 Å². The Kier molecular flexibility index (Phi) is 3.47. The minimum atomic E-state index is 0.804. The minimum Gasteiger partial charge on any atom is -0.360 e. The smallest absolute Gasteiger partial charge is 0.111 e. The van der Waals surface area contributed by atoms with E-state index in [1.54, 1.807) is 0 Å². The summed E-state index contributed by atoms with van der Waals surface area (Å²) in [5, 5.41) is 0. The highest BCUT2D eigenvalue weighted by molar-refractivity contribution is 6.14. The SMILES string of the molecule is c1ccc(C2=Nc3ccccc3N=C(N3CCCC3)C2)cc1. The lowest BCUT2D eigenvalue weighted by Gasteiger charge is -2.19. The van der Waals surface area contributed by atoms with E-state index in [1.807, 2.05) is 18.2 Å². The van der Waals surface area contributed by atoms with Crippen LogP contribution >= 0.6 is 0 Å². The Hall–Kier alpha value is -2.42. The van der Waals surface area contributed by atoms with Crippen LogP contribution in [0.5, 0.6) is 0 Å². The molecule has 0 N–H and O–H groups in total. The predicted octanol–water partition coefficient (Wildman–Crippen LogP) is 4.34. The van der Waals surface area contributed by atoms with Gasteiger partial charge in [-0.05, 0) is 30.5 Å². The summed E-state index contributed by atoms with van der Waals surface area (Å²) in [6.45, 7) is 2.23. The number of hydrogen-bond donors (Lipinski definition) is 0. The van der Waals surface area contributed by atoms with E-state index >= 15 is 0 Å². The standard InChI is InChI=1S/C19H19N3/c1-2-8-15(9-3-1)18-14-19(22-12-6-7-13-22)21-17-11-5-4-10-16(17)20-18/h1-5,8-11H,6-7,12-14H2. The van der Waals surface area contributed by atoms with Gasteiger partial charge in [-0.2, -0.15) is 0 Å². The summed E-state index contributed by atoms with van der Waals surface area (Å²) in [5.41, 5.74) is 4.24. The van der Waals surface area contributed by atoms with Crippen LogP contribution in [0, 0.1) is 0 Å². The first-order valence-electron chi connectivity index (χ1n) is 7.95. The first kappa shape index (κ1) is 13.3. The van der Waals surface area contributed by atoms with E-state index in [9.17, 15) is 0 Å². The quantitative estimate of drug-likeness (QED) is 0.767. The number of aliphatic imine (C=N–C) groups is 2. The Bertz CT molecular complexity index is 725. The molecule has 2 aliphatic heterocycles. The summed E-state index contributed by atoms with van der Waals surface area (Å²) in [7, 11) is 0. The fourth-order valence-corrected chi connectivity index (χ4v) is 3.12. The van der Waals surface area contributed by atoms with Crippen LogP contribution in [0.1, 0.15) is 24.8 Å². The molecule has 1 fully saturated rings. The van der Waals surface area contributed by atoms with Gasteiger partial charge >= 0.3 is 0 Å². The molecule has 0 spiro atoms. The predicted molar refractivity (Wildman–Crippen MR) is 91.6 cm³/mol. The van der Waals surface area contributed by atoms with Gasteiger partial charge < -0.3 is 4.90 Å². The van der Waals surface area contributed by atoms with Crippen LogP contribution in [0.25, 0.3) is 0 Å². The second-order valence-corrected chi connectivity index (χ2v) is 5.81. The van der Waals surface area contributed by atoms with Crippen molar-refractivity contribution in [3.63, 3.8) is 0 Å². The molecule has 0 atom stereocenters. The average molecular weight is 289 g/mol. The molecule has 2 aromatic rings. The van der Waals surface area contributed by atoms with Crippen LogP contribution < -0.4 is 0 Å². The van der Waals surface area contributed by atoms with E-state index in [2.05, 4.69) is 41.3 Å². The van der Waals surface area contributed by atoms with Gasteiger partial charge in [0.15, 0.2) is 0 Å². The van der Waals surface area contributed by atoms with Gasteiger partial charge in [-0.1, -0.05) is 42.5 Å². The van der Waals surface area contributed by atoms with Crippen molar-refractivity contribution in [3.8, 4) is 0 Å². The Labute approximate surface area is 131 Å². The summed E-state index contributed by atoms with van der Waals surface area (Å²) < 4.78 is 0. The third kappa shape index (κ3) is 2.54. The second kappa shape index (κ2) is 5.76. The zero-order valence-corrected chi connectivity index (χ0v) is 12.6. The maximum atomic E-state index is 4.92. The van der Waals surface area contributed by atoms with Crippen molar-refractivity contribution in [2.45, 2.75) is 19.3 Å². The molecule has 0 amide bonds. The number of fused-ring (bicyclic) bond motifs is 1. The average Bonchev–Trinajstić information content (AvgIpc) is 3.03. The monoisotopic (exact) mass is 289 g/mol. The van der Waals surface area contributed by atoms with Crippen LogP contribution in [0.3, 0.4) is 0 Å². The molecule has 0 aliphatic carbocycles. The molecule has 3 heteroatoms. The van der Waals surface area contributed by atoms with Crippen LogP contribution in [0.2, 0.25) is 0 Å². The number of nitrogens with zero attached hydrogens (tertiary/aromatic N) is 3. The van der Waals surface area contributed by atoms with Gasteiger partial charge in [-0.3, -0.25) is 4.99 Å². The third-order valence-corrected chi connectivity index (χ3v) is 4.29. The molecule has 0 saturated carbocycles. The maximum Gasteiger partial charge on any atom is 0.111 e. The Morgan fingerprint density at radius 1 is 0.727 bits per heavy atom. The second-order valence-electron chi connectivity index (χ2n) is 5.81. The molecular weight excluding hydrogens is 270 g/mol. The van der Waals surface area contributed by atoms with Crippen LogP contribution in [0.4, 0.5) is 11.4 Å². The lowest BCUT2D eigenvalue weighted by atomic mass is 10.1. The highest BCUT2D eigenvalue weighted by Gasteiger charge is 2.21. The van der Waals surface area contributed by atoms with E-state index in [4.69, 9.17) is 9.98 Å². The van der Waals surface area contributed by atoms with Gasteiger partial charge in [0.2, 0.25) is 0 Å². The van der Waals surface area contributed by atoms with Crippen LogP contribution in [-0.2, 0) is 0 Å². The van der Waals surface area contributed by atoms with E-state index in [1.165, 1.54) is 18.4 Å². The molecule has 2 aromatic carbocycles. The molecule has 110 valence electrons. The summed E-state index contributed by atoms with van der Waals surface area (Å²) in [5.74, 6) is 1.16. The van der Waals surface area contributed by atoms with Crippen LogP contribution in [0.15, 0.2) is 64.6 Å². The van der Waals surface area contributed by atoms with Gasteiger partial charge in [0.25, 0.3) is 0 Å². The summed E-state index contributed by atoms with van der Waals surface area (Å²) in [6.07, 6.45) is 3.33. The first-order valence-corrected chi connectivity index (χ1v) is 7.95. The largest absolute Gasteiger partial charge is 0.360 e. The molecule has 0 unspecified atom stereocenters. The summed E-state index contributed by atoms with van der Waals surface area (Å²) in [6, 6.07) is 18.6. The molecule has 2 aliphatic rings. The molecule has 3 nitrogen and oxygen atoms in total. The Morgan fingerprint density at radius 3 is 2.09 bits per heavy atom. The number of para-hydroxylation sites is 2. The van der Waals surface area contributed by atoms with Crippen molar-refractivity contribution >= 4 is 22.9 Å². The fourth-order valence-electron chi connectivity index (χ4n) is 3.12. The molecule has 4 rings (SSSR count). The topological polar surface area (TPSA) is 28.0 Å². The normalized spacial score (nSPS) is 17.5. The zero-order valence-electron chi connectivity index (χ0n) is 12.6. The van der Waals surface area contributed by atoms with Crippen molar-refractivity contribution < 1.29 is 0 Å². The lowest BCUT2D eigenvalue weighted by Crippen LogP contribution is -2.29. The fraction of sp³-hybridized carbons (Fsp3) is 0.263. The number of hydrogen-bond acceptors (Lipinski definition) is 3. The lowest BCUT2D eigenvalue weighted by molar-refractivity contribution is 0.513. The molecule has 0 aromatic heterocycles. The van der Waals surface area contributed by atoms with Gasteiger partial charge in [-0.25, -0.2) is 4.99 Å². The highest BCUT2D eigenvalue weighted by Crippen LogP contribution is 2.32. The van der Waals surface area contributed by atoms with Crippen LogP contribution in [-0.4, -0.2) is 29.5 Å². The van der Waals surface area contributed by atoms with Gasteiger partial charge in [-0.15, -0.1) is 0 Å². The number of amidine groups is 1. The molecule has 0 radical (unpaired) electrons. The molecule has 2 heterocycles. The number of likely N-dealkylation sites (tertiary alicyclic amines) is 1. The Balaban J connectivity index is 1.80. The van der Waals surface area contributed by atoms with Gasteiger partial charge in [0.05, 0.1) is 17.1 Å². The third-order valence-electron chi connectivity index (χ3n) is 4.29. The molecular formula is C19H19N3. The van der Waals surface area contributed by atoms with Gasteiger partial charge in [0.1, 0.15) is 5.84 Å². The zero-order chi connectivity index (χ0) is 14.8. The van der Waals surface area contributed by atoms with Crippen molar-refractivity contribution in [2.24, 2.45) is 9.98 Å². The molecule has 22 heavy (non-hydrogen) atoms. The number of benzene rings is 2. The van der Waals surface area contributed by atoms with Crippen molar-refractivity contribution in [1.29, 1.82) is 0 Å². The van der Waals surface area contributed by atoms with Crippen molar-refractivity contribution in [2.75, 3.05) is 13.1 Å². The van der Waals surface area contributed by atoms with Gasteiger partial charge in [0, 0.05) is 19.5 Å². The minimum absolute atomic E-state index is 0.804. The first-order chi connectivity index (χ1) is 10.9. The van der Waals surface area contributed by atoms with Crippen molar-refractivity contribution in [3.05, 3.63) is 60.2 Å². The van der Waals surface area contributed by atoms with E-state index < -0.39 is 0 Å². The molecule has 0 bridgehead atoms. The van der Waals surface area contributed by atoms with Crippen molar-refractivity contribution in [1.82, 2.24) is 4.90 Å². The maximum absolute atomic E-state index is 4.92. The summed E-state index contributed by atoms with van der Waals surface area (Å²) >= 11 is 0. The summed E-state index contributed by atoms with van der Waals surface area (Å²) in [4.78, 5) is 12.2. The van der Waals surface area contributed by atoms with E-state index in [-0.39, 0.29) is 0 Å². The number of rotatable bonds is 1.